The van der Waals surface area contributed by atoms with E-state index >= 15 is 0 Å². The van der Waals surface area contributed by atoms with Crippen LogP contribution in [0.4, 0.5) is 13.2 Å². The molecule has 2 N–H and O–H groups in total. The molecule has 0 spiro atoms. The number of carbonyl (C=O) groups is 1. The van der Waals surface area contributed by atoms with Gasteiger partial charge in [-0.25, -0.2) is 13.2 Å². The van der Waals surface area contributed by atoms with Crippen LogP contribution in [-0.4, -0.2) is 29.6 Å². The lowest BCUT2D eigenvalue weighted by molar-refractivity contribution is -0.125. The van der Waals surface area contributed by atoms with Gasteiger partial charge >= 0.3 is 0 Å². The number of alkyl halides is 3. The molecule has 0 unspecified atom stereocenters. The topological polar surface area (TPSA) is 64.9 Å². The van der Waals surface area contributed by atoms with Crippen LogP contribution in [0.15, 0.2) is 28.7 Å². The molecule has 4 nitrogen and oxygen atoms in total. The molecule has 1 aromatic rings. The Hall–Kier alpha value is -1.59. The van der Waals surface area contributed by atoms with Crippen LogP contribution in [-0.2, 0) is 4.79 Å². The zero-order valence-electron chi connectivity index (χ0n) is 14.5. The maximum absolute atomic E-state index is 14.2. The summed E-state index contributed by atoms with van der Waals surface area (Å²) in [7, 11) is 0. The van der Waals surface area contributed by atoms with Gasteiger partial charge in [-0.3, -0.25) is 10.1 Å². The van der Waals surface area contributed by atoms with Crippen LogP contribution in [0.3, 0.4) is 0 Å². The fourth-order valence-corrected chi connectivity index (χ4v) is 2.89. The summed E-state index contributed by atoms with van der Waals surface area (Å²) in [6.07, 6.45) is -2.07. The van der Waals surface area contributed by atoms with E-state index in [-0.39, 0.29) is 6.42 Å². The van der Waals surface area contributed by atoms with Crippen LogP contribution >= 0.6 is 15.9 Å². The highest BCUT2D eigenvalue weighted by Gasteiger charge is 2.46. The summed E-state index contributed by atoms with van der Waals surface area (Å²) in [5, 5.41) is 14.3. The average molecular weight is 432 g/mol. The molecule has 1 aromatic carbocycles. The Bertz CT molecular complexity index is 678. The maximum atomic E-state index is 14.2. The molecule has 1 aliphatic rings. The maximum Gasteiger partial charge on any atom is 0.257 e. The summed E-state index contributed by atoms with van der Waals surface area (Å²) < 4.78 is 42.1. The number of hydrogen-bond acceptors (Lipinski definition) is 3. The summed E-state index contributed by atoms with van der Waals surface area (Å²) >= 11 is 3.24. The minimum atomic E-state index is -2.79. The molecule has 2 atom stereocenters. The van der Waals surface area contributed by atoms with E-state index in [1.165, 1.54) is 26.0 Å². The number of halogens is 4. The highest BCUT2D eigenvalue weighted by atomic mass is 79.9. The zero-order chi connectivity index (χ0) is 19.5. The van der Waals surface area contributed by atoms with E-state index in [4.69, 9.17) is 5.26 Å². The molecule has 0 saturated heterocycles. The van der Waals surface area contributed by atoms with Crippen LogP contribution in [0.25, 0.3) is 0 Å². The number of rotatable bonds is 8. The first-order valence-electron chi connectivity index (χ1n) is 8.27. The van der Waals surface area contributed by atoms with E-state index in [0.717, 1.165) is 4.47 Å². The van der Waals surface area contributed by atoms with Crippen molar-refractivity contribution in [3.05, 3.63) is 34.3 Å². The van der Waals surface area contributed by atoms with E-state index in [2.05, 4.69) is 26.6 Å². The third kappa shape index (κ3) is 5.71. The predicted molar refractivity (Wildman–Crippen MR) is 95.3 cm³/mol. The summed E-state index contributed by atoms with van der Waals surface area (Å²) in [5.41, 5.74) is -2.40. The van der Waals surface area contributed by atoms with E-state index in [9.17, 15) is 18.0 Å². The van der Waals surface area contributed by atoms with Crippen molar-refractivity contribution in [1.29, 1.82) is 5.26 Å². The van der Waals surface area contributed by atoms with E-state index < -0.39 is 35.6 Å². The van der Waals surface area contributed by atoms with E-state index in [1.54, 1.807) is 12.1 Å². The molecule has 2 rings (SSSR count). The van der Waals surface area contributed by atoms with Gasteiger partial charge in [-0.2, -0.15) is 5.26 Å². The van der Waals surface area contributed by atoms with Gasteiger partial charge in [0.1, 0.15) is 11.2 Å². The Kier molecular flexibility index (Phi) is 6.35. The molecule has 1 fully saturated rings. The quantitative estimate of drug-likeness (QED) is 0.652. The normalized spacial score (nSPS) is 18.1. The molecule has 0 aromatic heterocycles. The molecule has 1 saturated carbocycles. The summed E-state index contributed by atoms with van der Waals surface area (Å²) in [6.45, 7) is 2.56. The standard InChI is InChI=1S/C18H21BrF3N3O/c1-17(2,22)9-13(16(26)25-18(10-23)7-8-18)24-14(15(20)21)11-3-5-12(19)6-4-11/h3-6,13-15,24H,7-9H2,1-2H3,(H,25,26)/t13-,14-/m0/s1. The average Bonchev–Trinajstić information content (AvgIpc) is 3.31. The Morgan fingerprint density at radius 1 is 1.35 bits per heavy atom. The largest absolute Gasteiger partial charge is 0.336 e. The molecule has 0 radical (unpaired) electrons. The van der Waals surface area contributed by atoms with Gasteiger partial charge < -0.3 is 5.32 Å². The van der Waals surface area contributed by atoms with Crippen molar-refractivity contribution < 1.29 is 18.0 Å². The van der Waals surface area contributed by atoms with Crippen molar-refractivity contribution in [1.82, 2.24) is 10.6 Å². The third-order valence-corrected chi connectivity index (χ3v) is 4.72. The highest BCUT2D eigenvalue weighted by molar-refractivity contribution is 9.10. The summed E-state index contributed by atoms with van der Waals surface area (Å²) in [5.74, 6) is -0.641. The Balaban J connectivity index is 2.21. The lowest BCUT2D eigenvalue weighted by Gasteiger charge is -2.29. The van der Waals surface area contributed by atoms with Crippen molar-refractivity contribution in [2.75, 3.05) is 0 Å². The van der Waals surface area contributed by atoms with Crippen molar-refractivity contribution in [3.63, 3.8) is 0 Å². The van der Waals surface area contributed by atoms with Crippen LogP contribution in [0.2, 0.25) is 0 Å². The first-order valence-corrected chi connectivity index (χ1v) is 9.06. The van der Waals surface area contributed by atoms with Crippen LogP contribution in [0.5, 0.6) is 0 Å². The smallest absolute Gasteiger partial charge is 0.257 e. The van der Waals surface area contributed by atoms with Crippen molar-refractivity contribution in [2.45, 2.75) is 62.8 Å². The second-order valence-electron chi connectivity index (χ2n) is 7.19. The minimum absolute atomic E-state index is 0.291. The molecule has 1 aliphatic carbocycles. The Morgan fingerprint density at radius 2 is 1.92 bits per heavy atom. The SMILES string of the molecule is CC(C)(F)C[C@H](N[C@@H](c1ccc(Br)cc1)C(F)F)C(=O)NC1(C#N)CC1. The van der Waals surface area contributed by atoms with Crippen molar-refractivity contribution in [2.24, 2.45) is 0 Å². The highest BCUT2D eigenvalue weighted by Crippen LogP contribution is 2.35. The molecular weight excluding hydrogens is 411 g/mol. The van der Waals surface area contributed by atoms with Gasteiger partial charge in [0.05, 0.1) is 18.2 Å². The molecular formula is C18H21BrF3N3O. The fourth-order valence-electron chi connectivity index (χ4n) is 2.63. The molecule has 142 valence electrons. The Labute approximate surface area is 159 Å². The fraction of sp³-hybridized carbons (Fsp3) is 0.556. The molecule has 8 heteroatoms. The lowest BCUT2D eigenvalue weighted by Crippen LogP contribution is -2.52. The summed E-state index contributed by atoms with van der Waals surface area (Å²) in [4.78, 5) is 12.5. The zero-order valence-corrected chi connectivity index (χ0v) is 16.1. The van der Waals surface area contributed by atoms with Gasteiger partial charge in [0.2, 0.25) is 5.91 Å². The second kappa shape index (κ2) is 7.97. The molecule has 26 heavy (non-hydrogen) atoms. The Morgan fingerprint density at radius 3 is 2.35 bits per heavy atom. The number of nitrogens with zero attached hydrogens (tertiary/aromatic N) is 1. The second-order valence-corrected chi connectivity index (χ2v) is 8.10. The van der Waals surface area contributed by atoms with Crippen LogP contribution in [0, 0.1) is 11.3 Å². The first kappa shape index (κ1) is 20.7. The monoisotopic (exact) mass is 431 g/mol. The molecule has 1 amide bonds. The van der Waals surface area contributed by atoms with Crippen molar-refractivity contribution in [3.8, 4) is 6.07 Å². The van der Waals surface area contributed by atoms with Gasteiger partial charge in [0, 0.05) is 10.9 Å². The molecule has 0 heterocycles. The van der Waals surface area contributed by atoms with E-state index in [0.29, 0.717) is 18.4 Å². The van der Waals surface area contributed by atoms with Crippen LogP contribution in [0.1, 0.15) is 44.7 Å². The molecule has 0 bridgehead atoms. The van der Waals surface area contributed by atoms with Gasteiger partial charge in [0.15, 0.2) is 0 Å². The molecule has 0 aliphatic heterocycles. The number of benzene rings is 1. The van der Waals surface area contributed by atoms with Crippen molar-refractivity contribution >= 4 is 21.8 Å². The lowest BCUT2D eigenvalue weighted by atomic mass is 9.97. The first-order chi connectivity index (χ1) is 12.1. The number of nitrogens with one attached hydrogen (secondary N) is 2. The predicted octanol–water partition coefficient (Wildman–Crippen LogP) is 4.02. The minimum Gasteiger partial charge on any atom is -0.336 e. The van der Waals surface area contributed by atoms with Crippen LogP contribution < -0.4 is 10.6 Å². The van der Waals surface area contributed by atoms with Gasteiger partial charge in [0.25, 0.3) is 6.43 Å². The summed E-state index contributed by atoms with van der Waals surface area (Å²) in [6, 6.07) is 5.66. The van der Waals surface area contributed by atoms with Gasteiger partial charge in [-0.05, 0) is 44.4 Å². The number of amides is 1. The van der Waals surface area contributed by atoms with Gasteiger partial charge in [-0.1, -0.05) is 28.1 Å². The number of nitriles is 1. The third-order valence-electron chi connectivity index (χ3n) is 4.19. The number of carbonyl (C=O) groups excluding carboxylic acids is 1. The number of hydrogen-bond donors (Lipinski definition) is 2. The van der Waals surface area contributed by atoms with E-state index in [1.807, 2.05) is 6.07 Å². The van der Waals surface area contributed by atoms with Gasteiger partial charge in [-0.15, -0.1) is 0 Å².